The van der Waals surface area contributed by atoms with Crippen LogP contribution in [0.5, 0.6) is 0 Å². The number of carbonyl (C=O) groups excluding carboxylic acids is 3. The minimum atomic E-state index is -0.592. The molecule has 2 fully saturated rings. The largest absolute Gasteiger partial charge is 0.459 e. The zero-order valence-electron chi connectivity index (χ0n) is 13.3. The molecule has 3 rings (SSSR count). The van der Waals surface area contributed by atoms with E-state index >= 15 is 0 Å². The van der Waals surface area contributed by atoms with Gasteiger partial charge in [0.05, 0.1) is 23.1 Å². The summed E-state index contributed by atoms with van der Waals surface area (Å²) in [6.45, 7) is 3.22. The van der Waals surface area contributed by atoms with E-state index in [1.807, 2.05) is 0 Å². The number of imide groups is 1. The molecule has 2 atom stereocenters. The molecule has 1 saturated heterocycles. The summed E-state index contributed by atoms with van der Waals surface area (Å²) in [6, 6.07) is 0. The zero-order valence-corrected chi connectivity index (χ0v) is 13.3. The van der Waals surface area contributed by atoms with Gasteiger partial charge >= 0.3 is 5.97 Å². The molecule has 0 spiro atoms. The van der Waals surface area contributed by atoms with Crippen molar-refractivity contribution in [2.75, 3.05) is 6.54 Å². The summed E-state index contributed by atoms with van der Waals surface area (Å²) in [5.74, 6) is -0.943. The van der Waals surface area contributed by atoms with Crippen molar-refractivity contribution in [2.24, 2.45) is 11.8 Å². The molecule has 1 aromatic heterocycles. The third kappa shape index (κ3) is 2.87. The van der Waals surface area contributed by atoms with Gasteiger partial charge in [0.25, 0.3) is 0 Å². The number of amides is 2. The molecule has 0 radical (unpaired) electrons. The maximum absolute atomic E-state index is 12.3. The summed E-state index contributed by atoms with van der Waals surface area (Å²) in [5.41, 5.74) is 1.38. The third-order valence-corrected chi connectivity index (χ3v) is 4.78. The van der Waals surface area contributed by atoms with E-state index in [1.54, 1.807) is 13.8 Å². The predicted octanol–water partition coefficient (Wildman–Crippen LogP) is 1.51. The van der Waals surface area contributed by atoms with E-state index in [1.165, 1.54) is 0 Å². The van der Waals surface area contributed by atoms with Crippen molar-refractivity contribution < 1.29 is 23.6 Å². The predicted molar refractivity (Wildman–Crippen MR) is 77.9 cm³/mol. The molecule has 0 aromatic carbocycles. The van der Waals surface area contributed by atoms with Gasteiger partial charge in [-0.15, -0.1) is 0 Å². The Balaban J connectivity index is 1.59. The van der Waals surface area contributed by atoms with E-state index in [0.29, 0.717) is 17.0 Å². The monoisotopic (exact) mass is 320 g/mol. The first-order valence-corrected chi connectivity index (χ1v) is 7.91. The lowest BCUT2D eigenvalue weighted by Gasteiger charge is -2.19. The number of fused-ring (bicyclic) bond motifs is 1. The summed E-state index contributed by atoms with van der Waals surface area (Å²) < 4.78 is 10.2. The first kappa shape index (κ1) is 15.7. The molecule has 1 saturated carbocycles. The van der Waals surface area contributed by atoms with Crippen molar-refractivity contribution in [1.82, 2.24) is 10.1 Å². The van der Waals surface area contributed by atoms with Crippen LogP contribution in [0.2, 0.25) is 0 Å². The van der Waals surface area contributed by atoms with Crippen molar-refractivity contribution in [3.8, 4) is 0 Å². The molecule has 1 aliphatic heterocycles. The van der Waals surface area contributed by atoms with Gasteiger partial charge in [-0.3, -0.25) is 19.3 Å². The molecule has 2 aliphatic rings. The molecule has 2 heterocycles. The highest BCUT2D eigenvalue weighted by Gasteiger charge is 2.48. The van der Waals surface area contributed by atoms with E-state index in [0.717, 1.165) is 30.6 Å². The van der Waals surface area contributed by atoms with Crippen molar-refractivity contribution >= 4 is 17.8 Å². The molecule has 1 aliphatic carbocycles. The Morgan fingerprint density at radius 1 is 1.22 bits per heavy atom. The van der Waals surface area contributed by atoms with E-state index < -0.39 is 5.97 Å². The van der Waals surface area contributed by atoms with Crippen LogP contribution in [-0.4, -0.2) is 34.4 Å². The van der Waals surface area contributed by atoms with Gasteiger partial charge < -0.3 is 9.26 Å². The molecule has 23 heavy (non-hydrogen) atoms. The molecular formula is C16H20N2O5. The number of carbonyl (C=O) groups is 3. The molecule has 1 aromatic rings. The molecule has 0 N–H and O–H groups in total. The number of aryl methyl sites for hydroxylation is 2. The van der Waals surface area contributed by atoms with Gasteiger partial charge in [-0.05, 0) is 26.7 Å². The fraction of sp³-hybridized carbons (Fsp3) is 0.625. The van der Waals surface area contributed by atoms with Crippen molar-refractivity contribution in [1.29, 1.82) is 0 Å². The molecular weight excluding hydrogens is 300 g/mol. The van der Waals surface area contributed by atoms with Gasteiger partial charge in [-0.1, -0.05) is 18.0 Å². The molecule has 7 heteroatoms. The van der Waals surface area contributed by atoms with Crippen LogP contribution in [0.15, 0.2) is 4.52 Å². The van der Waals surface area contributed by atoms with Crippen LogP contribution < -0.4 is 0 Å². The van der Waals surface area contributed by atoms with Crippen molar-refractivity contribution in [2.45, 2.75) is 46.1 Å². The van der Waals surface area contributed by atoms with Crippen molar-refractivity contribution in [3.63, 3.8) is 0 Å². The molecule has 2 amide bonds. The lowest BCUT2D eigenvalue weighted by Crippen LogP contribution is -2.36. The highest BCUT2D eigenvalue weighted by Crippen LogP contribution is 2.37. The summed E-state index contributed by atoms with van der Waals surface area (Å²) in [5, 5.41) is 3.79. The normalized spacial score (nSPS) is 24.0. The average molecular weight is 320 g/mol. The Morgan fingerprint density at radius 3 is 2.35 bits per heavy atom. The number of rotatable bonds is 4. The van der Waals surface area contributed by atoms with Crippen LogP contribution >= 0.6 is 0 Å². The Hall–Kier alpha value is -2.18. The highest BCUT2D eigenvalue weighted by molar-refractivity contribution is 6.07. The fourth-order valence-corrected chi connectivity index (χ4v) is 3.42. The second-order valence-electron chi connectivity index (χ2n) is 6.22. The molecule has 7 nitrogen and oxygen atoms in total. The average Bonchev–Trinajstić information content (AvgIpc) is 2.98. The number of aromatic nitrogens is 1. The van der Waals surface area contributed by atoms with Crippen molar-refractivity contribution in [3.05, 3.63) is 17.0 Å². The maximum atomic E-state index is 12.3. The maximum Gasteiger partial charge on any atom is 0.326 e. The van der Waals surface area contributed by atoms with E-state index in [-0.39, 0.29) is 36.8 Å². The highest BCUT2D eigenvalue weighted by atomic mass is 16.5. The zero-order chi connectivity index (χ0) is 16.6. The standard InChI is InChI=1S/C16H20N2O5/c1-9-13(10(2)23-17-9)8-22-14(19)7-18-15(20)11-5-3-4-6-12(11)16(18)21/h11-12H,3-8H2,1-2H3/t11-,12-/m1/s1. The van der Waals surface area contributed by atoms with Crippen LogP contribution in [0.4, 0.5) is 0 Å². The number of hydrogen-bond acceptors (Lipinski definition) is 6. The van der Waals surface area contributed by atoms with Gasteiger partial charge in [-0.25, -0.2) is 0 Å². The third-order valence-electron chi connectivity index (χ3n) is 4.78. The number of nitrogens with zero attached hydrogens (tertiary/aromatic N) is 2. The van der Waals surface area contributed by atoms with Crippen LogP contribution in [-0.2, 0) is 25.7 Å². The molecule has 124 valence electrons. The fourth-order valence-electron chi connectivity index (χ4n) is 3.42. The van der Waals surface area contributed by atoms with Gasteiger partial charge in [0.15, 0.2) is 0 Å². The first-order chi connectivity index (χ1) is 11.0. The second kappa shape index (κ2) is 6.14. The van der Waals surface area contributed by atoms with Crippen LogP contribution in [0, 0.1) is 25.7 Å². The Bertz CT molecular complexity index is 607. The lowest BCUT2D eigenvalue weighted by atomic mass is 9.81. The summed E-state index contributed by atoms with van der Waals surface area (Å²) in [4.78, 5) is 37.7. The van der Waals surface area contributed by atoms with Gasteiger partial charge in [0.1, 0.15) is 18.9 Å². The molecule has 0 bridgehead atoms. The van der Waals surface area contributed by atoms with Gasteiger partial charge in [0, 0.05) is 0 Å². The van der Waals surface area contributed by atoms with Gasteiger partial charge in [0.2, 0.25) is 11.8 Å². The quantitative estimate of drug-likeness (QED) is 0.617. The van der Waals surface area contributed by atoms with Crippen LogP contribution in [0.25, 0.3) is 0 Å². The minimum Gasteiger partial charge on any atom is -0.459 e. The molecule has 0 unspecified atom stereocenters. The smallest absolute Gasteiger partial charge is 0.326 e. The number of esters is 1. The Kier molecular flexibility index (Phi) is 4.19. The van der Waals surface area contributed by atoms with E-state index in [4.69, 9.17) is 9.26 Å². The summed E-state index contributed by atoms with van der Waals surface area (Å²) >= 11 is 0. The SMILES string of the molecule is Cc1noc(C)c1COC(=O)CN1C(=O)[C@@H]2CCCC[C@H]2C1=O. The summed E-state index contributed by atoms with van der Waals surface area (Å²) in [6.07, 6.45) is 3.40. The number of ether oxygens (including phenoxy) is 1. The van der Waals surface area contributed by atoms with Crippen LogP contribution in [0.3, 0.4) is 0 Å². The number of hydrogen-bond donors (Lipinski definition) is 0. The lowest BCUT2D eigenvalue weighted by molar-refractivity contribution is -0.153. The Morgan fingerprint density at radius 2 is 1.83 bits per heavy atom. The Labute approximate surface area is 133 Å². The van der Waals surface area contributed by atoms with E-state index in [2.05, 4.69) is 5.16 Å². The minimum absolute atomic E-state index is 0.0308. The van der Waals surface area contributed by atoms with Gasteiger partial charge in [-0.2, -0.15) is 0 Å². The summed E-state index contributed by atoms with van der Waals surface area (Å²) in [7, 11) is 0. The first-order valence-electron chi connectivity index (χ1n) is 7.91. The topological polar surface area (TPSA) is 89.7 Å². The number of likely N-dealkylation sites (tertiary alicyclic amines) is 1. The van der Waals surface area contributed by atoms with E-state index in [9.17, 15) is 14.4 Å². The van der Waals surface area contributed by atoms with Crippen LogP contribution in [0.1, 0.15) is 42.7 Å². The second-order valence-corrected chi connectivity index (χ2v) is 6.22.